The minimum atomic E-state index is 0.387. The van der Waals surface area contributed by atoms with E-state index in [1.54, 1.807) is 44.8 Å². The van der Waals surface area contributed by atoms with E-state index < -0.39 is 0 Å². The van der Waals surface area contributed by atoms with E-state index in [-0.39, 0.29) is 0 Å². The zero-order valence-corrected chi connectivity index (χ0v) is 17.4. The van der Waals surface area contributed by atoms with Gasteiger partial charge in [-0.3, -0.25) is 0 Å². The van der Waals surface area contributed by atoms with Crippen molar-refractivity contribution >= 4 is 23.1 Å². The van der Waals surface area contributed by atoms with Crippen molar-refractivity contribution in [3.63, 3.8) is 0 Å². The Bertz CT molecular complexity index is 883. The molecule has 0 N–H and O–H groups in total. The highest BCUT2D eigenvalue weighted by molar-refractivity contribution is 7.98. The maximum absolute atomic E-state index is 5.78. The van der Waals surface area contributed by atoms with Crippen molar-refractivity contribution in [2.45, 2.75) is 30.7 Å². The van der Waals surface area contributed by atoms with Crippen molar-refractivity contribution in [1.29, 1.82) is 0 Å². The van der Waals surface area contributed by atoms with Gasteiger partial charge < -0.3 is 18.6 Å². The molecule has 0 unspecified atom stereocenters. The standard InChI is InChI=1S/C18H21N3O4S2/c1-10(2)17-19-12(8-26-17)9-27-18-21-20-16(25-18)11-6-13(22-3)15(24-5)14(7-11)23-4/h6-8,10H,9H2,1-5H3. The third-order valence-corrected chi connectivity index (χ3v) is 5.77. The highest BCUT2D eigenvalue weighted by Crippen LogP contribution is 2.41. The molecule has 0 aliphatic carbocycles. The first-order valence-corrected chi connectivity index (χ1v) is 10.1. The fourth-order valence-corrected chi connectivity index (χ4v) is 3.98. The third-order valence-electron chi connectivity index (χ3n) is 3.73. The predicted octanol–water partition coefficient (Wildman–Crippen LogP) is 4.63. The highest BCUT2D eigenvalue weighted by Gasteiger charge is 2.18. The molecule has 0 bridgehead atoms. The Balaban J connectivity index is 1.77. The minimum absolute atomic E-state index is 0.387. The van der Waals surface area contributed by atoms with Crippen LogP contribution in [0.1, 0.15) is 30.5 Å². The topological polar surface area (TPSA) is 79.5 Å². The maximum atomic E-state index is 5.78. The Morgan fingerprint density at radius 1 is 1.07 bits per heavy atom. The van der Waals surface area contributed by atoms with Crippen LogP contribution >= 0.6 is 23.1 Å². The van der Waals surface area contributed by atoms with E-state index in [9.17, 15) is 0 Å². The molecule has 0 spiro atoms. The van der Waals surface area contributed by atoms with Gasteiger partial charge in [0.1, 0.15) is 0 Å². The molecule has 9 heteroatoms. The number of hydrogen-bond donors (Lipinski definition) is 0. The van der Waals surface area contributed by atoms with Crippen LogP contribution in [-0.4, -0.2) is 36.5 Å². The molecule has 0 aliphatic rings. The van der Waals surface area contributed by atoms with E-state index >= 15 is 0 Å². The first-order valence-electron chi connectivity index (χ1n) is 8.26. The SMILES string of the molecule is COc1cc(-c2nnc(SCc3csc(C(C)C)n3)o2)cc(OC)c1OC. The van der Waals surface area contributed by atoms with Gasteiger partial charge in [-0.2, -0.15) is 0 Å². The first-order chi connectivity index (χ1) is 13.0. The van der Waals surface area contributed by atoms with Gasteiger partial charge in [0.15, 0.2) is 11.5 Å². The number of aromatic nitrogens is 3. The van der Waals surface area contributed by atoms with Gasteiger partial charge >= 0.3 is 0 Å². The van der Waals surface area contributed by atoms with Gasteiger partial charge in [-0.25, -0.2) is 4.98 Å². The second-order valence-electron chi connectivity index (χ2n) is 5.91. The molecule has 3 rings (SSSR count). The van der Waals surface area contributed by atoms with Gasteiger partial charge in [-0.1, -0.05) is 25.6 Å². The van der Waals surface area contributed by atoms with Crippen LogP contribution in [0.2, 0.25) is 0 Å². The largest absolute Gasteiger partial charge is 0.493 e. The maximum Gasteiger partial charge on any atom is 0.277 e. The quantitative estimate of drug-likeness (QED) is 0.500. The van der Waals surface area contributed by atoms with Crippen LogP contribution in [-0.2, 0) is 5.75 Å². The van der Waals surface area contributed by atoms with Crippen LogP contribution in [0.4, 0.5) is 0 Å². The predicted molar refractivity (Wildman–Crippen MR) is 105 cm³/mol. The molecule has 27 heavy (non-hydrogen) atoms. The Labute approximate surface area is 166 Å². The smallest absolute Gasteiger partial charge is 0.277 e. The van der Waals surface area contributed by atoms with Crippen molar-refractivity contribution in [3.05, 3.63) is 28.2 Å². The molecule has 1 aromatic carbocycles. The van der Waals surface area contributed by atoms with Crippen LogP contribution in [0.3, 0.4) is 0 Å². The second-order valence-corrected chi connectivity index (χ2v) is 7.72. The summed E-state index contributed by atoms with van der Waals surface area (Å²) in [5.74, 6) is 3.08. The molecule has 2 heterocycles. The zero-order chi connectivity index (χ0) is 19.4. The van der Waals surface area contributed by atoms with E-state index in [1.807, 2.05) is 0 Å². The fraction of sp³-hybridized carbons (Fsp3) is 0.389. The molecule has 2 aromatic heterocycles. The summed E-state index contributed by atoms with van der Waals surface area (Å²) in [4.78, 5) is 4.62. The average molecular weight is 408 g/mol. The van der Waals surface area contributed by atoms with Gasteiger partial charge in [0.2, 0.25) is 11.6 Å². The van der Waals surface area contributed by atoms with E-state index in [1.165, 1.54) is 11.8 Å². The lowest BCUT2D eigenvalue weighted by Gasteiger charge is -2.12. The number of hydrogen-bond acceptors (Lipinski definition) is 9. The molecule has 144 valence electrons. The Morgan fingerprint density at radius 3 is 2.33 bits per heavy atom. The number of thioether (sulfide) groups is 1. The monoisotopic (exact) mass is 407 g/mol. The molecule has 7 nitrogen and oxygen atoms in total. The highest BCUT2D eigenvalue weighted by atomic mass is 32.2. The molecular formula is C18H21N3O4S2. The Kier molecular flexibility index (Phi) is 6.22. The number of rotatable bonds is 8. The Morgan fingerprint density at radius 2 is 1.78 bits per heavy atom. The number of benzene rings is 1. The summed E-state index contributed by atoms with van der Waals surface area (Å²) in [6.07, 6.45) is 0. The van der Waals surface area contributed by atoms with Gasteiger partial charge in [-0.15, -0.1) is 21.5 Å². The van der Waals surface area contributed by atoms with Gasteiger partial charge in [-0.05, 0) is 12.1 Å². The summed E-state index contributed by atoms with van der Waals surface area (Å²) in [6, 6.07) is 3.55. The molecule has 3 aromatic rings. The number of thiazole rings is 1. The van der Waals surface area contributed by atoms with Crippen molar-refractivity contribution < 1.29 is 18.6 Å². The number of ether oxygens (including phenoxy) is 3. The summed E-state index contributed by atoms with van der Waals surface area (Å²) in [6.45, 7) is 4.27. The molecule has 0 atom stereocenters. The van der Waals surface area contributed by atoms with Crippen LogP contribution < -0.4 is 14.2 Å². The van der Waals surface area contributed by atoms with Gasteiger partial charge in [0.25, 0.3) is 5.22 Å². The summed E-state index contributed by atoms with van der Waals surface area (Å²) in [7, 11) is 4.69. The second kappa shape index (κ2) is 8.62. The molecule has 0 radical (unpaired) electrons. The van der Waals surface area contributed by atoms with E-state index in [4.69, 9.17) is 18.6 Å². The summed E-state index contributed by atoms with van der Waals surface area (Å²) < 4.78 is 21.9. The summed E-state index contributed by atoms with van der Waals surface area (Å²) in [5.41, 5.74) is 1.71. The summed E-state index contributed by atoms with van der Waals surface area (Å²) >= 11 is 3.13. The van der Waals surface area contributed by atoms with Crippen molar-refractivity contribution in [2.24, 2.45) is 0 Å². The average Bonchev–Trinajstić information content (AvgIpc) is 3.34. The molecule has 0 saturated heterocycles. The van der Waals surface area contributed by atoms with Crippen molar-refractivity contribution in [2.75, 3.05) is 21.3 Å². The fourth-order valence-electron chi connectivity index (χ4n) is 2.38. The Hall–Kier alpha value is -2.26. The molecule has 0 amide bonds. The van der Waals surface area contributed by atoms with Crippen LogP contribution in [0.15, 0.2) is 27.2 Å². The first kappa shape index (κ1) is 19.5. The normalized spacial score (nSPS) is 11.0. The number of nitrogens with zero attached hydrogens (tertiary/aromatic N) is 3. The lowest BCUT2D eigenvalue weighted by molar-refractivity contribution is 0.324. The lowest BCUT2D eigenvalue weighted by Crippen LogP contribution is -1.95. The van der Waals surface area contributed by atoms with Gasteiger partial charge in [0, 0.05) is 22.6 Å². The van der Waals surface area contributed by atoms with Crippen LogP contribution in [0, 0.1) is 0 Å². The van der Waals surface area contributed by atoms with Crippen LogP contribution in [0.5, 0.6) is 17.2 Å². The van der Waals surface area contributed by atoms with Crippen molar-refractivity contribution in [1.82, 2.24) is 15.2 Å². The minimum Gasteiger partial charge on any atom is -0.493 e. The summed E-state index contributed by atoms with van der Waals surface area (Å²) in [5, 5.41) is 11.9. The van der Waals surface area contributed by atoms with E-state index in [0.717, 1.165) is 10.7 Å². The lowest BCUT2D eigenvalue weighted by atomic mass is 10.2. The van der Waals surface area contributed by atoms with E-state index in [0.29, 0.717) is 45.6 Å². The molecular weight excluding hydrogens is 386 g/mol. The molecule has 0 aliphatic heterocycles. The van der Waals surface area contributed by atoms with Crippen LogP contribution in [0.25, 0.3) is 11.5 Å². The molecule has 0 fully saturated rings. The number of methoxy groups -OCH3 is 3. The van der Waals surface area contributed by atoms with Gasteiger partial charge in [0.05, 0.1) is 32.0 Å². The molecule has 0 saturated carbocycles. The zero-order valence-electron chi connectivity index (χ0n) is 15.8. The van der Waals surface area contributed by atoms with Crippen molar-refractivity contribution in [3.8, 4) is 28.7 Å². The third kappa shape index (κ3) is 4.36. The van der Waals surface area contributed by atoms with E-state index in [2.05, 4.69) is 34.4 Å².